The third kappa shape index (κ3) is 5.71. The highest BCUT2D eigenvalue weighted by Crippen LogP contribution is 2.38. The van der Waals surface area contributed by atoms with Gasteiger partial charge < -0.3 is 24.1 Å². The van der Waals surface area contributed by atoms with Gasteiger partial charge in [0.15, 0.2) is 11.5 Å². The van der Waals surface area contributed by atoms with Crippen LogP contribution in [0.3, 0.4) is 0 Å². The molecule has 0 spiro atoms. The summed E-state index contributed by atoms with van der Waals surface area (Å²) in [6.07, 6.45) is 2.49. The molecule has 0 aliphatic rings. The summed E-state index contributed by atoms with van der Waals surface area (Å²) in [5.41, 5.74) is 5.70. The van der Waals surface area contributed by atoms with Crippen molar-refractivity contribution in [2.24, 2.45) is 0 Å². The minimum atomic E-state index is -0.170. The smallest absolute Gasteiger partial charge is 0.221 e. The van der Waals surface area contributed by atoms with E-state index in [1.54, 1.807) is 21.3 Å². The fourth-order valence-corrected chi connectivity index (χ4v) is 4.60. The Balaban J connectivity index is 1.78. The molecule has 1 amide bonds. The second kappa shape index (κ2) is 11.8. The Morgan fingerprint density at radius 1 is 0.944 bits per heavy atom. The molecule has 0 radical (unpaired) electrons. The molecule has 0 unspecified atom stereocenters. The average Bonchev–Trinajstić information content (AvgIpc) is 3.26. The van der Waals surface area contributed by atoms with E-state index in [1.807, 2.05) is 24.3 Å². The second-order valence-electron chi connectivity index (χ2n) is 8.93. The minimum absolute atomic E-state index is 0.0257. The third-order valence-electron chi connectivity index (χ3n) is 6.50. The van der Waals surface area contributed by atoms with Gasteiger partial charge >= 0.3 is 0 Å². The van der Waals surface area contributed by atoms with Crippen molar-refractivity contribution in [1.29, 1.82) is 0 Å². The lowest BCUT2D eigenvalue weighted by atomic mass is 9.87. The first-order valence-electron chi connectivity index (χ1n) is 12.1. The molecule has 188 valence electrons. The van der Waals surface area contributed by atoms with Crippen molar-refractivity contribution in [2.45, 2.75) is 25.8 Å². The molecular formula is C30H34N2O4. The molecule has 6 nitrogen and oxygen atoms in total. The van der Waals surface area contributed by atoms with Crippen LogP contribution in [-0.4, -0.2) is 45.0 Å². The van der Waals surface area contributed by atoms with Crippen molar-refractivity contribution in [2.75, 3.05) is 34.5 Å². The Labute approximate surface area is 212 Å². The highest BCUT2D eigenvalue weighted by Gasteiger charge is 2.24. The summed E-state index contributed by atoms with van der Waals surface area (Å²) in [5, 5.41) is 4.11. The molecule has 0 aliphatic carbocycles. The van der Waals surface area contributed by atoms with Gasteiger partial charge in [-0.15, -0.1) is 0 Å². The first-order chi connectivity index (χ1) is 17.5. The Kier molecular flexibility index (Phi) is 8.28. The number of rotatable bonds is 11. The van der Waals surface area contributed by atoms with Crippen molar-refractivity contribution in [1.82, 2.24) is 9.88 Å². The molecule has 1 N–H and O–H groups in total. The number of nitrogens with one attached hydrogen (secondary N) is 1. The molecule has 6 heteroatoms. The topological polar surface area (TPSA) is 61.7 Å². The standard InChI is InChI=1S/C30H34N2O4/c1-21-9-11-22(12-10-21)19-32-20-26(24-7-5-6-8-27(24)32)25(18-30(33)31-15-16-34-2)23-13-14-28(35-3)29(17-23)36-4/h5-14,17,20,25H,15-16,18-19H2,1-4H3,(H,31,33)/t25-/m0/s1. The van der Waals surface area contributed by atoms with Crippen LogP contribution in [0.1, 0.15) is 34.6 Å². The zero-order chi connectivity index (χ0) is 25.5. The molecule has 1 atom stereocenters. The Morgan fingerprint density at radius 3 is 2.42 bits per heavy atom. The van der Waals surface area contributed by atoms with E-state index in [1.165, 1.54) is 11.1 Å². The maximum Gasteiger partial charge on any atom is 0.221 e. The van der Waals surface area contributed by atoms with Crippen molar-refractivity contribution < 1.29 is 19.0 Å². The van der Waals surface area contributed by atoms with E-state index in [2.05, 4.69) is 65.5 Å². The van der Waals surface area contributed by atoms with Gasteiger partial charge in [-0.2, -0.15) is 0 Å². The summed E-state index contributed by atoms with van der Waals surface area (Å²) >= 11 is 0. The van der Waals surface area contributed by atoms with Crippen LogP contribution in [0.4, 0.5) is 0 Å². The van der Waals surface area contributed by atoms with Crippen LogP contribution in [0, 0.1) is 6.92 Å². The molecule has 3 aromatic carbocycles. The van der Waals surface area contributed by atoms with E-state index >= 15 is 0 Å². The third-order valence-corrected chi connectivity index (χ3v) is 6.50. The van der Waals surface area contributed by atoms with Crippen LogP contribution >= 0.6 is 0 Å². The van der Waals surface area contributed by atoms with Gasteiger partial charge in [-0.25, -0.2) is 0 Å². The van der Waals surface area contributed by atoms with Crippen molar-refractivity contribution in [3.8, 4) is 11.5 Å². The number of methoxy groups -OCH3 is 3. The molecule has 0 bridgehead atoms. The molecule has 4 aromatic rings. The maximum absolute atomic E-state index is 13.0. The minimum Gasteiger partial charge on any atom is -0.493 e. The van der Waals surface area contributed by atoms with Gasteiger partial charge in [0.25, 0.3) is 0 Å². The zero-order valence-electron chi connectivity index (χ0n) is 21.4. The average molecular weight is 487 g/mol. The van der Waals surface area contributed by atoms with Crippen molar-refractivity contribution in [3.63, 3.8) is 0 Å². The van der Waals surface area contributed by atoms with Crippen molar-refractivity contribution in [3.05, 3.63) is 95.2 Å². The second-order valence-corrected chi connectivity index (χ2v) is 8.93. The fourth-order valence-electron chi connectivity index (χ4n) is 4.60. The van der Waals surface area contributed by atoms with Crippen LogP contribution in [0.25, 0.3) is 10.9 Å². The summed E-state index contributed by atoms with van der Waals surface area (Å²) in [7, 11) is 4.87. The van der Waals surface area contributed by atoms with E-state index in [0.29, 0.717) is 31.1 Å². The van der Waals surface area contributed by atoms with Crippen LogP contribution in [0.5, 0.6) is 11.5 Å². The van der Waals surface area contributed by atoms with Crippen molar-refractivity contribution >= 4 is 16.8 Å². The van der Waals surface area contributed by atoms with Crippen LogP contribution in [0.15, 0.2) is 72.9 Å². The SMILES string of the molecule is COCCNC(=O)C[C@@H](c1ccc(OC)c(OC)c1)c1cn(Cc2ccc(C)cc2)c2ccccc12. The molecule has 0 saturated carbocycles. The Morgan fingerprint density at radius 2 is 1.69 bits per heavy atom. The van der Waals surface area contributed by atoms with Crippen LogP contribution in [-0.2, 0) is 16.1 Å². The van der Waals surface area contributed by atoms with Gasteiger partial charge in [0.2, 0.25) is 5.91 Å². The Hall–Kier alpha value is -3.77. The van der Waals surface area contributed by atoms with Gasteiger partial charge in [-0.05, 0) is 41.8 Å². The number of para-hydroxylation sites is 1. The van der Waals surface area contributed by atoms with E-state index in [-0.39, 0.29) is 11.8 Å². The van der Waals surface area contributed by atoms with Gasteiger partial charge in [-0.1, -0.05) is 54.1 Å². The highest BCUT2D eigenvalue weighted by atomic mass is 16.5. The summed E-state index contributed by atoms with van der Waals surface area (Å²) in [5.74, 6) is 1.10. The predicted octanol–water partition coefficient (Wildman–Crippen LogP) is 5.30. The molecule has 36 heavy (non-hydrogen) atoms. The quantitative estimate of drug-likeness (QED) is 0.292. The molecule has 1 heterocycles. The normalized spacial score (nSPS) is 11.9. The summed E-state index contributed by atoms with van der Waals surface area (Å²) in [6, 6.07) is 22.9. The van der Waals surface area contributed by atoms with Crippen LogP contribution in [0.2, 0.25) is 0 Å². The van der Waals surface area contributed by atoms with Gasteiger partial charge in [0, 0.05) is 49.6 Å². The number of nitrogens with zero attached hydrogens (tertiary/aromatic N) is 1. The number of fused-ring (bicyclic) bond motifs is 1. The summed E-state index contributed by atoms with van der Waals surface area (Å²) < 4.78 is 18.4. The molecule has 0 aliphatic heterocycles. The number of aryl methyl sites for hydroxylation is 1. The number of benzene rings is 3. The first kappa shape index (κ1) is 25.3. The van der Waals surface area contributed by atoms with E-state index in [9.17, 15) is 4.79 Å². The van der Waals surface area contributed by atoms with Gasteiger partial charge in [0.05, 0.1) is 20.8 Å². The number of carbonyl (C=O) groups excluding carboxylic acids is 1. The molecular weight excluding hydrogens is 452 g/mol. The molecule has 1 aromatic heterocycles. The molecule has 4 rings (SSSR count). The van der Waals surface area contributed by atoms with E-state index in [0.717, 1.165) is 28.6 Å². The lowest BCUT2D eigenvalue weighted by molar-refractivity contribution is -0.121. The molecule has 0 fully saturated rings. The first-order valence-corrected chi connectivity index (χ1v) is 12.1. The monoisotopic (exact) mass is 486 g/mol. The lowest BCUT2D eigenvalue weighted by Gasteiger charge is -2.19. The number of hydrogen-bond donors (Lipinski definition) is 1. The number of ether oxygens (including phenoxy) is 3. The largest absolute Gasteiger partial charge is 0.493 e. The molecule has 0 saturated heterocycles. The predicted molar refractivity (Wildman–Crippen MR) is 143 cm³/mol. The van der Waals surface area contributed by atoms with Crippen LogP contribution < -0.4 is 14.8 Å². The summed E-state index contributed by atoms with van der Waals surface area (Å²) in [6.45, 7) is 3.80. The number of carbonyl (C=O) groups is 1. The maximum atomic E-state index is 13.0. The number of amides is 1. The highest BCUT2D eigenvalue weighted by molar-refractivity contribution is 5.87. The zero-order valence-corrected chi connectivity index (χ0v) is 21.4. The number of aromatic nitrogens is 1. The fraction of sp³-hybridized carbons (Fsp3) is 0.300. The number of hydrogen-bond acceptors (Lipinski definition) is 4. The van der Waals surface area contributed by atoms with E-state index < -0.39 is 0 Å². The lowest BCUT2D eigenvalue weighted by Crippen LogP contribution is -2.28. The Bertz CT molecular complexity index is 1310. The van der Waals surface area contributed by atoms with Gasteiger partial charge in [0.1, 0.15) is 0 Å². The summed E-state index contributed by atoms with van der Waals surface area (Å²) in [4.78, 5) is 13.0. The van der Waals surface area contributed by atoms with Gasteiger partial charge in [-0.3, -0.25) is 4.79 Å². The van der Waals surface area contributed by atoms with E-state index in [4.69, 9.17) is 14.2 Å².